The van der Waals surface area contributed by atoms with Crippen LogP contribution in [0.5, 0.6) is 0 Å². The van der Waals surface area contributed by atoms with E-state index in [4.69, 9.17) is 5.26 Å². The summed E-state index contributed by atoms with van der Waals surface area (Å²) < 4.78 is 4.50. The summed E-state index contributed by atoms with van der Waals surface area (Å²) in [5.41, 5.74) is 0.833. The van der Waals surface area contributed by atoms with Crippen LogP contribution in [0.4, 0.5) is 0 Å². The lowest BCUT2D eigenvalue weighted by molar-refractivity contribution is -0.135. The molecule has 0 saturated heterocycles. The van der Waals surface area contributed by atoms with Crippen LogP contribution in [-0.2, 0) is 9.53 Å². The summed E-state index contributed by atoms with van der Waals surface area (Å²) in [6.45, 7) is 0. The van der Waals surface area contributed by atoms with E-state index in [0.717, 1.165) is 15.9 Å². The van der Waals surface area contributed by atoms with Crippen molar-refractivity contribution in [2.24, 2.45) is 0 Å². The van der Waals surface area contributed by atoms with Gasteiger partial charge in [-0.15, -0.1) is 0 Å². The highest BCUT2D eigenvalue weighted by molar-refractivity contribution is 8.02. The number of fused-ring (bicyclic) bond motifs is 1. The van der Waals surface area contributed by atoms with Gasteiger partial charge in [0.15, 0.2) is 0 Å². The van der Waals surface area contributed by atoms with Crippen molar-refractivity contribution in [3.8, 4) is 6.07 Å². The number of aromatic nitrogens is 1. The Bertz CT molecular complexity index is 689. The molecule has 1 heterocycles. The minimum absolute atomic E-state index is 0.0394. The van der Waals surface area contributed by atoms with Gasteiger partial charge in [-0.1, -0.05) is 36.0 Å². The Balaban J connectivity index is 2.24. The number of rotatable bonds is 3. The number of nitriles is 1. The SMILES string of the molecule is COC(=O)C(C#N)=CSc1ccc2ccccc2n1. The summed E-state index contributed by atoms with van der Waals surface area (Å²) in [6, 6.07) is 13.3. The summed E-state index contributed by atoms with van der Waals surface area (Å²) in [6.07, 6.45) is 0. The van der Waals surface area contributed by atoms with E-state index in [1.165, 1.54) is 24.3 Å². The molecule has 0 radical (unpaired) electrons. The number of carbonyl (C=O) groups excluding carboxylic acids is 1. The number of thioether (sulfide) groups is 1. The Morgan fingerprint density at radius 2 is 2.16 bits per heavy atom. The van der Waals surface area contributed by atoms with E-state index in [2.05, 4.69) is 9.72 Å². The van der Waals surface area contributed by atoms with Gasteiger partial charge in [-0.2, -0.15) is 5.26 Å². The Kier molecular flexibility index (Phi) is 4.16. The van der Waals surface area contributed by atoms with E-state index in [0.29, 0.717) is 0 Å². The van der Waals surface area contributed by atoms with Gasteiger partial charge < -0.3 is 4.74 Å². The van der Waals surface area contributed by atoms with Gasteiger partial charge in [0.25, 0.3) is 0 Å². The third-order valence-corrected chi connectivity index (χ3v) is 3.22. The zero-order valence-corrected chi connectivity index (χ0v) is 11.0. The molecule has 0 saturated carbocycles. The molecule has 0 spiro atoms. The van der Waals surface area contributed by atoms with Crippen molar-refractivity contribution >= 4 is 28.6 Å². The minimum Gasteiger partial charge on any atom is -0.465 e. The topological polar surface area (TPSA) is 63.0 Å². The van der Waals surface area contributed by atoms with E-state index >= 15 is 0 Å². The number of methoxy groups -OCH3 is 1. The van der Waals surface area contributed by atoms with Crippen LogP contribution in [0.15, 0.2) is 52.4 Å². The molecule has 0 atom stereocenters. The molecule has 2 rings (SSSR count). The van der Waals surface area contributed by atoms with Crippen molar-refractivity contribution in [1.82, 2.24) is 4.98 Å². The molecule has 94 valence electrons. The second kappa shape index (κ2) is 6.03. The van der Waals surface area contributed by atoms with E-state index in [1.54, 1.807) is 6.07 Å². The zero-order valence-electron chi connectivity index (χ0n) is 10.2. The van der Waals surface area contributed by atoms with Crippen LogP contribution >= 0.6 is 11.8 Å². The quantitative estimate of drug-likeness (QED) is 0.371. The summed E-state index contributed by atoms with van der Waals surface area (Å²) in [4.78, 5) is 15.7. The Hall–Kier alpha value is -2.32. The monoisotopic (exact) mass is 270 g/mol. The lowest BCUT2D eigenvalue weighted by Crippen LogP contribution is -2.02. The Morgan fingerprint density at radius 1 is 1.37 bits per heavy atom. The largest absolute Gasteiger partial charge is 0.465 e. The van der Waals surface area contributed by atoms with Crippen LogP contribution in [0, 0.1) is 11.3 Å². The molecule has 4 nitrogen and oxygen atoms in total. The van der Waals surface area contributed by atoms with Crippen molar-refractivity contribution in [2.75, 3.05) is 7.11 Å². The van der Waals surface area contributed by atoms with Crippen molar-refractivity contribution in [2.45, 2.75) is 5.03 Å². The molecule has 5 heteroatoms. The van der Waals surface area contributed by atoms with E-state index in [1.807, 2.05) is 36.4 Å². The molecule has 0 bridgehead atoms. The van der Waals surface area contributed by atoms with Gasteiger partial charge in [-0.05, 0) is 12.1 Å². The number of esters is 1. The molecule has 0 N–H and O–H groups in total. The molecule has 1 aromatic heterocycles. The number of ether oxygens (including phenoxy) is 1. The predicted molar refractivity (Wildman–Crippen MR) is 73.3 cm³/mol. The fourth-order valence-electron chi connectivity index (χ4n) is 1.46. The van der Waals surface area contributed by atoms with Gasteiger partial charge in [-0.3, -0.25) is 0 Å². The fourth-order valence-corrected chi connectivity index (χ4v) is 2.15. The first-order valence-corrected chi connectivity index (χ1v) is 6.33. The smallest absolute Gasteiger partial charge is 0.349 e. The molecular weight excluding hydrogens is 260 g/mol. The van der Waals surface area contributed by atoms with Crippen molar-refractivity contribution in [1.29, 1.82) is 5.26 Å². The second-order valence-corrected chi connectivity index (χ2v) is 4.48. The van der Waals surface area contributed by atoms with Crippen LogP contribution in [0.3, 0.4) is 0 Å². The fraction of sp³-hybridized carbons (Fsp3) is 0.0714. The lowest BCUT2D eigenvalue weighted by atomic mass is 10.2. The van der Waals surface area contributed by atoms with E-state index in [9.17, 15) is 4.79 Å². The molecule has 1 aromatic carbocycles. The van der Waals surface area contributed by atoms with Gasteiger partial charge in [0.2, 0.25) is 0 Å². The summed E-state index contributed by atoms with van der Waals surface area (Å²) in [5.74, 6) is -0.643. The standard InChI is InChI=1S/C14H10N2O2S/c1-18-14(17)11(8-15)9-19-13-7-6-10-4-2-3-5-12(10)16-13/h2-7,9H,1H3. The Morgan fingerprint density at radius 3 is 2.89 bits per heavy atom. The molecule has 0 amide bonds. The molecule has 0 aliphatic carbocycles. The van der Waals surface area contributed by atoms with Gasteiger partial charge in [0, 0.05) is 10.8 Å². The predicted octanol–water partition coefficient (Wildman–Crippen LogP) is 2.91. The summed E-state index contributed by atoms with van der Waals surface area (Å²) >= 11 is 1.22. The van der Waals surface area contributed by atoms with Crippen LogP contribution in [-0.4, -0.2) is 18.1 Å². The molecule has 0 unspecified atom stereocenters. The number of nitrogens with zero attached hydrogens (tertiary/aromatic N) is 2. The van der Waals surface area contributed by atoms with E-state index < -0.39 is 5.97 Å². The first kappa shape index (κ1) is 13.1. The zero-order chi connectivity index (χ0) is 13.7. The van der Waals surface area contributed by atoms with Crippen molar-refractivity contribution < 1.29 is 9.53 Å². The second-order valence-electron chi connectivity index (χ2n) is 3.59. The first-order valence-electron chi connectivity index (χ1n) is 5.45. The first-order chi connectivity index (χ1) is 9.24. The third kappa shape index (κ3) is 3.12. The summed E-state index contributed by atoms with van der Waals surface area (Å²) in [5, 5.41) is 12.0. The molecule has 19 heavy (non-hydrogen) atoms. The highest BCUT2D eigenvalue weighted by atomic mass is 32.2. The number of pyridine rings is 1. The molecule has 0 aliphatic heterocycles. The van der Waals surface area contributed by atoms with Crippen LogP contribution < -0.4 is 0 Å². The number of benzene rings is 1. The van der Waals surface area contributed by atoms with E-state index in [-0.39, 0.29) is 5.57 Å². The lowest BCUT2D eigenvalue weighted by Gasteiger charge is -2.00. The van der Waals surface area contributed by atoms with Gasteiger partial charge >= 0.3 is 5.97 Å². The van der Waals surface area contributed by atoms with Crippen LogP contribution in [0.2, 0.25) is 0 Å². The normalized spacial score (nSPS) is 11.1. The molecule has 0 aliphatic rings. The van der Waals surface area contributed by atoms with Gasteiger partial charge in [-0.25, -0.2) is 9.78 Å². The maximum absolute atomic E-state index is 11.2. The highest BCUT2D eigenvalue weighted by Gasteiger charge is 2.08. The molecule has 2 aromatic rings. The highest BCUT2D eigenvalue weighted by Crippen LogP contribution is 2.22. The van der Waals surface area contributed by atoms with Crippen molar-refractivity contribution in [3.05, 3.63) is 47.4 Å². The Labute approximate surface area is 114 Å². The van der Waals surface area contributed by atoms with Crippen molar-refractivity contribution in [3.63, 3.8) is 0 Å². The molecular formula is C14H10N2O2S. The number of para-hydroxylation sites is 1. The number of carbonyl (C=O) groups is 1. The maximum atomic E-state index is 11.2. The third-order valence-electron chi connectivity index (χ3n) is 2.40. The van der Waals surface area contributed by atoms with Gasteiger partial charge in [0.1, 0.15) is 16.7 Å². The average molecular weight is 270 g/mol. The number of hydrogen-bond acceptors (Lipinski definition) is 5. The summed E-state index contributed by atoms with van der Waals surface area (Å²) in [7, 11) is 1.24. The van der Waals surface area contributed by atoms with Gasteiger partial charge in [0.05, 0.1) is 12.6 Å². The minimum atomic E-state index is -0.643. The molecule has 0 fully saturated rings. The van der Waals surface area contributed by atoms with Crippen LogP contribution in [0.1, 0.15) is 0 Å². The average Bonchev–Trinajstić information content (AvgIpc) is 2.47. The number of hydrogen-bond donors (Lipinski definition) is 0. The maximum Gasteiger partial charge on any atom is 0.349 e. The van der Waals surface area contributed by atoms with Crippen LogP contribution in [0.25, 0.3) is 10.9 Å².